The van der Waals surface area contributed by atoms with Crippen molar-refractivity contribution in [2.24, 2.45) is 16.3 Å². The molecule has 58 valence electrons. The van der Waals surface area contributed by atoms with Crippen LogP contribution < -0.4 is 5.43 Å². The fraction of sp³-hybridized carbons (Fsp3) is 0.714. The van der Waals surface area contributed by atoms with Crippen LogP contribution in [0.4, 0.5) is 0 Å². The third-order valence-electron chi connectivity index (χ3n) is 1.21. The largest absolute Gasteiger partial charge is 0.264 e. The van der Waals surface area contributed by atoms with E-state index in [1.807, 2.05) is 13.0 Å². The van der Waals surface area contributed by atoms with Gasteiger partial charge in [-0.1, -0.05) is 25.1 Å². The van der Waals surface area contributed by atoms with Gasteiger partial charge in [-0.15, -0.1) is 0 Å². The second-order valence-electron chi connectivity index (χ2n) is 2.31. The second-order valence-corrected chi connectivity index (χ2v) is 2.31. The van der Waals surface area contributed by atoms with Gasteiger partial charge in [0, 0.05) is 5.70 Å². The molecule has 0 heterocycles. The van der Waals surface area contributed by atoms with Gasteiger partial charge in [-0.2, -0.15) is 5.11 Å². The highest BCUT2D eigenvalue weighted by Crippen LogP contribution is 2.04. The number of hydrogen-bond acceptors (Lipinski definition) is 2. The highest BCUT2D eigenvalue weighted by Gasteiger charge is 1.97. The van der Waals surface area contributed by atoms with Crippen molar-refractivity contribution < 1.29 is 0 Å². The summed E-state index contributed by atoms with van der Waals surface area (Å²) >= 11 is 0. The molecule has 0 bridgehead atoms. The molecule has 0 amide bonds. The summed E-state index contributed by atoms with van der Waals surface area (Å²) in [6.07, 6.45) is 2.00. The summed E-state index contributed by atoms with van der Waals surface area (Å²) in [6, 6.07) is 0. The number of allylic oxidation sites excluding steroid dienone is 2. The third kappa shape index (κ3) is 3.22. The summed E-state index contributed by atoms with van der Waals surface area (Å²) < 4.78 is 0. The van der Waals surface area contributed by atoms with Crippen LogP contribution in [0.3, 0.4) is 0 Å². The Bertz CT molecular complexity index is 136. The van der Waals surface area contributed by atoms with E-state index in [0.29, 0.717) is 5.92 Å². The summed E-state index contributed by atoms with van der Waals surface area (Å²) in [6.45, 7) is 6.19. The molecule has 0 atom stereocenters. The molecule has 0 saturated heterocycles. The van der Waals surface area contributed by atoms with Crippen LogP contribution in [0.5, 0.6) is 0 Å². The average molecular weight is 141 g/mol. The Kier molecular flexibility index (Phi) is 4.54. The summed E-state index contributed by atoms with van der Waals surface area (Å²) in [7, 11) is 1.64. The highest BCUT2D eigenvalue weighted by atomic mass is 15.4. The van der Waals surface area contributed by atoms with Crippen LogP contribution in [0.1, 0.15) is 20.8 Å². The monoisotopic (exact) mass is 141 g/mol. The zero-order chi connectivity index (χ0) is 7.98. The van der Waals surface area contributed by atoms with Crippen molar-refractivity contribution >= 4 is 0 Å². The number of hydrogen-bond donors (Lipinski definition) is 1. The molecule has 0 unspecified atom stereocenters. The van der Waals surface area contributed by atoms with Gasteiger partial charge in [0.15, 0.2) is 0 Å². The maximum Gasteiger partial charge on any atom is 0.0509 e. The van der Waals surface area contributed by atoms with E-state index < -0.39 is 0 Å². The Balaban J connectivity index is 3.86. The summed E-state index contributed by atoms with van der Waals surface area (Å²) in [5, 5.41) is 7.25. The molecule has 0 spiro atoms. The minimum atomic E-state index is 0.482. The molecule has 0 aliphatic carbocycles. The lowest BCUT2D eigenvalue weighted by atomic mass is 10.1. The second kappa shape index (κ2) is 4.97. The first-order chi connectivity index (χ1) is 4.72. The topological polar surface area (TPSA) is 36.8 Å². The van der Waals surface area contributed by atoms with Crippen LogP contribution in [0, 0.1) is 5.92 Å². The number of nitrogens with one attached hydrogen (secondary N) is 1. The van der Waals surface area contributed by atoms with E-state index in [2.05, 4.69) is 29.6 Å². The van der Waals surface area contributed by atoms with E-state index in [4.69, 9.17) is 0 Å². The predicted molar refractivity (Wildman–Crippen MR) is 42.5 cm³/mol. The zero-order valence-electron chi connectivity index (χ0n) is 7.05. The molecule has 1 N–H and O–H groups in total. The molecular formula is C7H15N3. The Morgan fingerprint density at radius 1 is 1.50 bits per heavy atom. The van der Waals surface area contributed by atoms with Gasteiger partial charge < -0.3 is 0 Å². The van der Waals surface area contributed by atoms with Crippen molar-refractivity contribution in [1.82, 2.24) is 5.43 Å². The standard InChI is InChI=1S/C7H15N3/c1-5-7(6(2)3)9-10-8-4/h5-6H,1-4H3,(H,8,9)/b7-5-. The minimum Gasteiger partial charge on any atom is -0.264 e. The van der Waals surface area contributed by atoms with Gasteiger partial charge in [0.25, 0.3) is 0 Å². The fourth-order valence-corrected chi connectivity index (χ4v) is 0.635. The van der Waals surface area contributed by atoms with Gasteiger partial charge in [-0.25, -0.2) is 0 Å². The Labute approximate surface area is 62.2 Å². The van der Waals surface area contributed by atoms with Gasteiger partial charge >= 0.3 is 0 Å². The van der Waals surface area contributed by atoms with E-state index in [-0.39, 0.29) is 0 Å². The molecule has 0 aromatic rings. The Hall–Kier alpha value is -0.860. The molecule has 3 nitrogen and oxygen atoms in total. The smallest absolute Gasteiger partial charge is 0.0509 e. The summed E-state index contributed by atoms with van der Waals surface area (Å²) in [5.41, 5.74) is 3.94. The lowest BCUT2D eigenvalue weighted by Crippen LogP contribution is -2.09. The van der Waals surface area contributed by atoms with Crippen LogP contribution in [-0.4, -0.2) is 7.05 Å². The number of rotatable bonds is 3. The van der Waals surface area contributed by atoms with Gasteiger partial charge in [0.05, 0.1) is 7.05 Å². The van der Waals surface area contributed by atoms with Crippen molar-refractivity contribution in [3.05, 3.63) is 11.8 Å². The Morgan fingerprint density at radius 2 is 2.10 bits per heavy atom. The quantitative estimate of drug-likeness (QED) is 0.474. The van der Waals surface area contributed by atoms with Gasteiger partial charge in [-0.3, -0.25) is 5.43 Å². The molecule has 10 heavy (non-hydrogen) atoms. The van der Waals surface area contributed by atoms with Crippen molar-refractivity contribution in [2.45, 2.75) is 20.8 Å². The normalized spacial score (nSPS) is 13.1. The molecule has 0 radical (unpaired) electrons. The van der Waals surface area contributed by atoms with Crippen LogP contribution in [-0.2, 0) is 0 Å². The summed E-state index contributed by atoms with van der Waals surface area (Å²) in [5.74, 6) is 0.482. The lowest BCUT2D eigenvalue weighted by molar-refractivity contribution is 0.649. The predicted octanol–water partition coefficient (Wildman–Crippen LogP) is 2.13. The fourth-order valence-electron chi connectivity index (χ4n) is 0.635. The maximum absolute atomic E-state index is 3.67. The third-order valence-corrected chi connectivity index (χ3v) is 1.21. The van der Waals surface area contributed by atoms with Crippen molar-refractivity contribution in [1.29, 1.82) is 0 Å². The molecule has 0 saturated carbocycles. The highest BCUT2D eigenvalue weighted by molar-refractivity contribution is 4.98. The van der Waals surface area contributed by atoms with Crippen LogP contribution in [0.25, 0.3) is 0 Å². The zero-order valence-corrected chi connectivity index (χ0v) is 7.05. The van der Waals surface area contributed by atoms with Crippen molar-refractivity contribution in [3.8, 4) is 0 Å². The van der Waals surface area contributed by atoms with Crippen LogP contribution in [0.2, 0.25) is 0 Å². The Morgan fingerprint density at radius 3 is 2.40 bits per heavy atom. The van der Waals surface area contributed by atoms with Crippen LogP contribution in [0.15, 0.2) is 22.1 Å². The van der Waals surface area contributed by atoms with Crippen molar-refractivity contribution in [3.63, 3.8) is 0 Å². The first kappa shape index (κ1) is 9.14. The first-order valence-electron chi connectivity index (χ1n) is 3.43. The van der Waals surface area contributed by atoms with Gasteiger partial charge in [0.2, 0.25) is 0 Å². The lowest BCUT2D eigenvalue weighted by Gasteiger charge is -2.07. The molecule has 0 aromatic carbocycles. The van der Waals surface area contributed by atoms with Crippen LogP contribution >= 0.6 is 0 Å². The molecular weight excluding hydrogens is 126 g/mol. The van der Waals surface area contributed by atoms with E-state index in [0.717, 1.165) is 5.70 Å². The molecule has 0 aliphatic heterocycles. The SMILES string of the molecule is C/C=C(\NN=NC)C(C)C. The summed E-state index contributed by atoms with van der Waals surface area (Å²) in [4.78, 5) is 0. The molecule has 0 rings (SSSR count). The van der Waals surface area contributed by atoms with E-state index in [1.165, 1.54) is 0 Å². The minimum absolute atomic E-state index is 0.482. The molecule has 0 aromatic heterocycles. The van der Waals surface area contributed by atoms with Crippen molar-refractivity contribution in [2.75, 3.05) is 7.05 Å². The first-order valence-corrected chi connectivity index (χ1v) is 3.43. The molecule has 0 fully saturated rings. The van der Waals surface area contributed by atoms with E-state index in [9.17, 15) is 0 Å². The average Bonchev–Trinajstić information content (AvgIpc) is 1.89. The molecule has 3 heteroatoms. The van der Waals surface area contributed by atoms with E-state index in [1.54, 1.807) is 7.05 Å². The number of nitrogens with zero attached hydrogens (tertiary/aromatic N) is 2. The van der Waals surface area contributed by atoms with Gasteiger partial charge in [0.1, 0.15) is 0 Å². The maximum atomic E-state index is 3.67. The van der Waals surface area contributed by atoms with Gasteiger partial charge in [-0.05, 0) is 12.8 Å². The van der Waals surface area contributed by atoms with E-state index >= 15 is 0 Å². The molecule has 0 aliphatic rings.